The molecule has 0 aromatic rings. The summed E-state index contributed by atoms with van der Waals surface area (Å²) < 4.78 is 17.2. The van der Waals surface area contributed by atoms with Gasteiger partial charge in [0.15, 0.2) is 6.10 Å². The molecule has 0 aromatic carbocycles. The van der Waals surface area contributed by atoms with E-state index in [-0.39, 0.29) is 42.7 Å². The maximum atomic E-state index is 12.7. The molecule has 0 aliphatic rings. The summed E-state index contributed by atoms with van der Waals surface area (Å²) in [4.78, 5) is 36.9. The molecule has 2 atom stereocenters. The average Bonchev–Trinajstić information content (AvgIpc) is 3.19. The second-order valence-corrected chi connectivity index (χ2v) is 17.7. The van der Waals surface area contributed by atoms with Gasteiger partial charge in [-0.2, -0.15) is 0 Å². The van der Waals surface area contributed by atoms with Crippen molar-refractivity contribution in [3.8, 4) is 0 Å². The zero-order valence-corrected chi connectivity index (χ0v) is 39.2. The minimum Gasteiger partial charge on any atom is -0.544 e. The molecule has 0 heterocycles. The molecule has 0 amide bonds. The van der Waals surface area contributed by atoms with Crippen molar-refractivity contribution in [2.75, 3.05) is 41.0 Å². The molecular formula is C51H93NO7. The van der Waals surface area contributed by atoms with Crippen LogP contribution in [0.2, 0.25) is 0 Å². The Labute approximate surface area is 364 Å². The first-order valence-electron chi connectivity index (χ1n) is 24.5. The van der Waals surface area contributed by atoms with Crippen molar-refractivity contribution in [1.29, 1.82) is 0 Å². The molecule has 8 nitrogen and oxygen atoms in total. The summed E-state index contributed by atoms with van der Waals surface area (Å²) in [5.41, 5.74) is 0. The standard InChI is InChI=1S/C51H93NO7/c1-6-8-10-12-14-16-18-20-21-22-23-24-25-26-27-28-29-30-32-33-35-37-39-41-49(53)58-46-47(45-57-44-43-48(51(55)56)52(3,4)5)59-50(54)42-40-38-36-34-31-19-17-15-13-11-9-7-2/h15,17,23-24,26-27,47-48H,6-14,16,18-22,25,28-46H2,1-5H3/b17-15+,24-23+,27-26+. The van der Waals surface area contributed by atoms with Gasteiger partial charge in [-0.3, -0.25) is 9.59 Å². The van der Waals surface area contributed by atoms with Crippen LogP contribution in [0.25, 0.3) is 0 Å². The van der Waals surface area contributed by atoms with Crippen molar-refractivity contribution >= 4 is 17.9 Å². The summed E-state index contributed by atoms with van der Waals surface area (Å²) in [6.07, 6.45) is 48.9. The van der Waals surface area contributed by atoms with E-state index in [1.54, 1.807) is 21.1 Å². The summed E-state index contributed by atoms with van der Waals surface area (Å²) in [7, 11) is 5.41. The smallest absolute Gasteiger partial charge is 0.306 e. The Morgan fingerprint density at radius 3 is 1.36 bits per heavy atom. The molecule has 0 aliphatic heterocycles. The summed E-state index contributed by atoms with van der Waals surface area (Å²) in [5, 5.41) is 11.6. The zero-order valence-electron chi connectivity index (χ0n) is 39.2. The van der Waals surface area contributed by atoms with Crippen molar-refractivity contribution < 1.29 is 38.2 Å². The van der Waals surface area contributed by atoms with Crippen LogP contribution in [0.5, 0.6) is 0 Å². The molecule has 0 fully saturated rings. The number of esters is 2. The summed E-state index contributed by atoms with van der Waals surface area (Å²) in [6, 6.07) is -0.727. The fourth-order valence-corrected chi connectivity index (χ4v) is 7.15. The predicted octanol–water partition coefficient (Wildman–Crippen LogP) is 12.5. The molecule has 0 N–H and O–H groups in total. The molecule has 0 aliphatic carbocycles. The van der Waals surface area contributed by atoms with Gasteiger partial charge in [0.05, 0.1) is 40.3 Å². The van der Waals surface area contributed by atoms with Gasteiger partial charge in [0.1, 0.15) is 12.6 Å². The molecule has 0 bridgehead atoms. The van der Waals surface area contributed by atoms with Crippen LogP contribution in [-0.4, -0.2) is 75.5 Å². The van der Waals surface area contributed by atoms with Gasteiger partial charge in [-0.15, -0.1) is 0 Å². The fourth-order valence-electron chi connectivity index (χ4n) is 7.15. The SMILES string of the molecule is CCCCC/C=C/CCCCCCCC(=O)OC(COCCC(C(=O)[O-])[N+](C)(C)C)COC(=O)CCCCCCCCC/C=C/C/C=C/CCCCCCCCCCC. The van der Waals surface area contributed by atoms with Crippen LogP contribution in [-0.2, 0) is 28.6 Å². The van der Waals surface area contributed by atoms with Gasteiger partial charge in [-0.1, -0.05) is 166 Å². The Bertz CT molecular complexity index is 1060. The van der Waals surface area contributed by atoms with Crippen LogP contribution >= 0.6 is 0 Å². The highest BCUT2D eigenvalue weighted by atomic mass is 16.6. The normalized spacial score (nSPS) is 13.2. The first-order chi connectivity index (χ1) is 28.6. The lowest BCUT2D eigenvalue weighted by Crippen LogP contribution is -2.55. The van der Waals surface area contributed by atoms with E-state index in [9.17, 15) is 19.5 Å². The molecule has 59 heavy (non-hydrogen) atoms. The number of likely N-dealkylation sites (N-methyl/N-ethyl adjacent to an activating group) is 1. The number of carboxylic acid groups (broad SMARTS) is 1. The number of ether oxygens (including phenoxy) is 3. The van der Waals surface area contributed by atoms with Crippen molar-refractivity contribution in [2.24, 2.45) is 0 Å². The molecule has 2 unspecified atom stereocenters. The minimum atomic E-state index is -1.13. The van der Waals surface area contributed by atoms with E-state index in [1.807, 2.05) is 0 Å². The van der Waals surface area contributed by atoms with Crippen molar-refractivity contribution in [3.63, 3.8) is 0 Å². The first kappa shape index (κ1) is 56.5. The fraction of sp³-hybridized carbons (Fsp3) is 0.824. The van der Waals surface area contributed by atoms with Crippen LogP contribution in [0.4, 0.5) is 0 Å². The second kappa shape index (κ2) is 42.2. The molecule has 0 rings (SSSR count). The monoisotopic (exact) mass is 832 g/mol. The number of hydrogen-bond donors (Lipinski definition) is 0. The third-order valence-electron chi connectivity index (χ3n) is 11.0. The molecule has 8 heteroatoms. The lowest BCUT2D eigenvalue weighted by molar-refractivity contribution is -0.889. The maximum absolute atomic E-state index is 12.7. The number of unbranched alkanes of at least 4 members (excludes halogenated alkanes) is 24. The molecule has 0 saturated heterocycles. The van der Waals surface area contributed by atoms with Crippen LogP contribution < -0.4 is 5.11 Å². The van der Waals surface area contributed by atoms with Gasteiger partial charge in [0.25, 0.3) is 0 Å². The maximum Gasteiger partial charge on any atom is 0.306 e. The average molecular weight is 832 g/mol. The molecule has 0 radical (unpaired) electrons. The number of carbonyl (C=O) groups excluding carboxylic acids is 3. The molecule has 0 saturated carbocycles. The van der Waals surface area contributed by atoms with Crippen LogP contribution in [0, 0.1) is 0 Å². The highest BCUT2D eigenvalue weighted by Crippen LogP contribution is 2.14. The number of quaternary nitrogens is 1. The van der Waals surface area contributed by atoms with E-state index in [2.05, 4.69) is 50.3 Å². The van der Waals surface area contributed by atoms with Crippen molar-refractivity contribution in [1.82, 2.24) is 0 Å². The lowest BCUT2D eigenvalue weighted by atomic mass is 10.1. The number of rotatable bonds is 44. The van der Waals surface area contributed by atoms with Gasteiger partial charge >= 0.3 is 11.9 Å². The third-order valence-corrected chi connectivity index (χ3v) is 11.0. The highest BCUT2D eigenvalue weighted by molar-refractivity contribution is 5.70. The van der Waals surface area contributed by atoms with Crippen molar-refractivity contribution in [2.45, 2.75) is 231 Å². The Morgan fingerprint density at radius 1 is 0.508 bits per heavy atom. The Kier molecular flexibility index (Phi) is 40.5. The summed E-state index contributed by atoms with van der Waals surface area (Å²) >= 11 is 0. The highest BCUT2D eigenvalue weighted by Gasteiger charge is 2.25. The van der Waals surface area contributed by atoms with E-state index in [0.29, 0.717) is 12.8 Å². The lowest BCUT2D eigenvalue weighted by Gasteiger charge is -2.34. The second-order valence-electron chi connectivity index (χ2n) is 17.7. The Hall–Kier alpha value is -2.45. The van der Waals surface area contributed by atoms with E-state index in [1.165, 1.54) is 122 Å². The van der Waals surface area contributed by atoms with Gasteiger partial charge in [-0.25, -0.2) is 0 Å². The minimum absolute atomic E-state index is 0.0359. The quantitative estimate of drug-likeness (QED) is 0.0261. The van der Waals surface area contributed by atoms with E-state index in [4.69, 9.17) is 14.2 Å². The predicted molar refractivity (Wildman–Crippen MR) is 245 cm³/mol. The Balaban J connectivity index is 4.21. The van der Waals surface area contributed by atoms with E-state index in [0.717, 1.165) is 64.2 Å². The molecule has 0 spiro atoms. The topological polar surface area (TPSA) is 102 Å². The van der Waals surface area contributed by atoms with Gasteiger partial charge in [0.2, 0.25) is 0 Å². The third kappa shape index (κ3) is 40.7. The molecule has 0 aromatic heterocycles. The number of nitrogens with zero attached hydrogens (tertiary/aromatic N) is 1. The van der Waals surface area contributed by atoms with Crippen molar-refractivity contribution in [3.05, 3.63) is 36.5 Å². The van der Waals surface area contributed by atoms with Crippen LogP contribution in [0.3, 0.4) is 0 Å². The van der Waals surface area contributed by atoms with E-state index < -0.39 is 18.1 Å². The summed E-state index contributed by atoms with van der Waals surface area (Å²) in [5.74, 6) is -1.75. The number of carbonyl (C=O) groups is 3. The molecular weight excluding hydrogens is 739 g/mol. The van der Waals surface area contributed by atoms with Gasteiger partial charge < -0.3 is 28.6 Å². The number of allylic oxidation sites excluding steroid dienone is 6. The Morgan fingerprint density at radius 2 is 0.898 bits per heavy atom. The number of aliphatic carboxylic acids is 1. The van der Waals surface area contributed by atoms with Gasteiger partial charge in [0, 0.05) is 19.3 Å². The van der Waals surface area contributed by atoms with Crippen LogP contribution in [0.1, 0.15) is 219 Å². The number of carboxylic acids is 1. The van der Waals surface area contributed by atoms with Gasteiger partial charge in [-0.05, 0) is 70.6 Å². The zero-order chi connectivity index (χ0) is 43.5. The first-order valence-corrected chi connectivity index (χ1v) is 24.5. The summed E-state index contributed by atoms with van der Waals surface area (Å²) in [6.45, 7) is 4.63. The molecule has 344 valence electrons. The largest absolute Gasteiger partial charge is 0.544 e. The number of hydrogen-bond acceptors (Lipinski definition) is 7. The van der Waals surface area contributed by atoms with E-state index >= 15 is 0 Å². The van der Waals surface area contributed by atoms with Crippen LogP contribution in [0.15, 0.2) is 36.5 Å².